The molecule has 0 spiro atoms. The third-order valence-electron chi connectivity index (χ3n) is 8.92. The Morgan fingerprint density at radius 1 is 0.836 bits per heavy atom. The predicted octanol–water partition coefficient (Wildman–Crippen LogP) is 3.99. The van der Waals surface area contributed by atoms with Crippen LogP contribution < -0.4 is 21.3 Å². The number of ether oxygens (including phenoxy) is 6. The molecule has 4 N–H and O–H groups in total. The van der Waals surface area contributed by atoms with Gasteiger partial charge in [0.05, 0.1) is 20.3 Å². The first-order chi connectivity index (χ1) is 26.1. The zero-order valence-electron chi connectivity index (χ0n) is 32.1. The zero-order valence-corrected chi connectivity index (χ0v) is 32.9. The smallest absolute Gasteiger partial charge is 0.408 e. The van der Waals surface area contributed by atoms with Crippen LogP contribution in [0.25, 0.3) is 11.1 Å². The van der Waals surface area contributed by atoms with Crippen LogP contribution in [-0.2, 0) is 47.6 Å². The normalized spacial score (nSPS) is 17.9. The van der Waals surface area contributed by atoms with Gasteiger partial charge in [0.1, 0.15) is 36.9 Å². The highest BCUT2D eigenvalue weighted by atomic mass is 32.2. The van der Waals surface area contributed by atoms with E-state index >= 15 is 0 Å². The summed E-state index contributed by atoms with van der Waals surface area (Å²) >= 11 is 1.09. The van der Waals surface area contributed by atoms with Crippen LogP contribution in [0.15, 0.2) is 48.5 Å². The van der Waals surface area contributed by atoms with E-state index in [1.54, 1.807) is 20.8 Å². The SMILES string of the molecule is COC(=O)[C@H](CSC[C@@H](NC(=O)CC[C@@H](NC(=O)[C@H](C)NC(=O)OCC1c2ccccc2-c2ccccc21)C1(OC)CO1)C(=O)OC)NC(=O)OC(C)(C)C.[HH].[HH].[HH].[HH]. The molecule has 1 aliphatic carbocycles. The summed E-state index contributed by atoms with van der Waals surface area (Å²) in [7, 11) is 3.75. The lowest BCUT2D eigenvalue weighted by molar-refractivity contribution is -0.144. The minimum absolute atomic E-state index is 0. The molecular formula is C38H58N4O12S. The van der Waals surface area contributed by atoms with Crippen molar-refractivity contribution in [2.24, 2.45) is 0 Å². The van der Waals surface area contributed by atoms with Crippen LogP contribution in [-0.4, -0.2) is 118 Å². The van der Waals surface area contributed by atoms with Crippen molar-refractivity contribution in [3.8, 4) is 11.1 Å². The molecule has 308 valence electrons. The molecule has 1 saturated heterocycles. The van der Waals surface area contributed by atoms with Gasteiger partial charge in [0.15, 0.2) is 0 Å². The molecule has 2 aliphatic rings. The Morgan fingerprint density at radius 2 is 1.38 bits per heavy atom. The minimum Gasteiger partial charge on any atom is -0.467 e. The molecule has 55 heavy (non-hydrogen) atoms. The van der Waals surface area contributed by atoms with Crippen LogP contribution in [0, 0.1) is 0 Å². The van der Waals surface area contributed by atoms with Crippen LogP contribution in [0.1, 0.15) is 63.3 Å². The summed E-state index contributed by atoms with van der Waals surface area (Å²) in [6.45, 7) is 6.76. The predicted molar refractivity (Wildman–Crippen MR) is 209 cm³/mol. The second-order valence-electron chi connectivity index (χ2n) is 14.0. The van der Waals surface area contributed by atoms with Gasteiger partial charge in [-0.25, -0.2) is 19.2 Å². The first-order valence-electron chi connectivity index (χ1n) is 17.7. The van der Waals surface area contributed by atoms with Crippen molar-refractivity contribution in [3.63, 3.8) is 0 Å². The number of amides is 4. The summed E-state index contributed by atoms with van der Waals surface area (Å²) in [5.41, 5.74) is 3.49. The molecule has 1 aliphatic heterocycles. The molecule has 5 atom stereocenters. The van der Waals surface area contributed by atoms with Crippen molar-refractivity contribution < 1.29 is 62.9 Å². The number of hydrogen-bond acceptors (Lipinski definition) is 13. The summed E-state index contributed by atoms with van der Waals surface area (Å²) in [6, 6.07) is 11.9. The first-order valence-corrected chi connectivity index (χ1v) is 18.9. The van der Waals surface area contributed by atoms with Crippen molar-refractivity contribution in [1.82, 2.24) is 21.3 Å². The van der Waals surface area contributed by atoms with Crippen LogP contribution in [0.4, 0.5) is 9.59 Å². The van der Waals surface area contributed by atoms with E-state index in [1.165, 1.54) is 28.3 Å². The maximum absolute atomic E-state index is 13.3. The number of carbonyl (C=O) groups is 6. The number of rotatable bonds is 18. The maximum atomic E-state index is 13.3. The summed E-state index contributed by atoms with van der Waals surface area (Å²) in [5.74, 6) is -3.89. The van der Waals surface area contributed by atoms with Crippen molar-refractivity contribution in [2.45, 2.75) is 82.0 Å². The topological polar surface area (TPSA) is 209 Å². The van der Waals surface area contributed by atoms with E-state index in [0.29, 0.717) is 0 Å². The fraction of sp³-hybridized carbons (Fsp3) is 0.526. The van der Waals surface area contributed by atoms with Gasteiger partial charge in [0, 0.05) is 36.7 Å². The summed E-state index contributed by atoms with van der Waals surface area (Å²) < 4.78 is 31.5. The Balaban J connectivity index is 0.00000841. The van der Waals surface area contributed by atoms with Gasteiger partial charge in [-0.3, -0.25) is 9.59 Å². The Morgan fingerprint density at radius 3 is 1.89 bits per heavy atom. The largest absolute Gasteiger partial charge is 0.467 e. The Bertz CT molecular complexity index is 1690. The standard InChI is InChI=1S/C38H50N4O12S.4H2/c1-22(39-35(47)52-18-27-25-14-10-8-12-23(25)24-13-9-11-15-26(24)27)32(44)42-30(38(51-7)21-53-38)16-17-31(43)40-28(33(45)49-5)19-55-20-29(34(46)50-6)41-36(48)54-37(2,3)4;;;;/h8-15,22,27-30H,16-21H2,1-7H3,(H,39,47)(H,40,43)(H,41,48)(H,42,44);4*1H/t22-,28+,29-,30+,38?;;;;/m0..../s1. The number of carbonyl (C=O) groups excluding carboxylic acids is 6. The highest BCUT2D eigenvalue weighted by Gasteiger charge is 2.53. The van der Waals surface area contributed by atoms with E-state index < -0.39 is 71.5 Å². The molecule has 0 bridgehead atoms. The Kier molecular flexibility index (Phi) is 14.9. The number of epoxide rings is 1. The molecule has 4 rings (SSSR count). The van der Waals surface area contributed by atoms with Gasteiger partial charge in [-0.2, -0.15) is 11.8 Å². The lowest BCUT2D eigenvalue weighted by Gasteiger charge is -2.26. The second-order valence-corrected chi connectivity index (χ2v) is 15.1. The van der Waals surface area contributed by atoms with E-state index in [2.05, 4.69) is 21.3 Å². The third kappa shape index (κ3) is 11.8. The molecule has 0 saturated carbocycles. The number of thioether (sulfide) groups is 1. The van der Waals surface area contributed by atoms with Crippen LogP contribution >= 0.6 is 11.8 Å². The fourth-order valence-electron chi connectivity index (χ4n) is 6.03. The lowest BCUT2D eigenvalue weighted by atomic mass is 9.98. The molecular weight excluding hydrogens is 737 g/mol. The maximum Gasteiger partial charge on any atom is 0.408 e. The quantitative estimate of drug-likeness (QED) is 0.0958. The number of esters is 2. The molecule has 1 heterocycles. The highest BCUT2D eigenvalue weighted by Crippen LogP contribution is 2.44. The van der Waals surface area contributed by atoms with Gasteiger partial charge in [0.2, 0.25) is 17.6 Å². The molecule has 1 unspecified atom stereocenters. The van der Waals surface area contributed by atoms with Crippen molar-refractivity contribution >= 4 is 47.7 Å². The molecule has 17 heteroatoms. The number of fused-ring (bicyclic) bond motifs is 3. The van der Waals surface area contributed by atoms with Crippen molar-refractivity contribution in [3.05, 3.63) is 59.7 Å². The third-order valence-corrected chi connectivity index (χ3v) is 10.1. The van der Waals surface area contributed by atoms with Crippen LogP contribution in [0.2, 0.25) is 0 Å². The average molecular weight is 795 g/mol. The van der Waals surface area contributed by atoms with E-state index in [4.69, 9.17) is 28.4 Å². The van der Waals surface area contributed by atoms with Crippen LogP contribution in [0.3, 0.4) is 0 Å². The van der Waals surface area contributed by atoms with E-state index in [0.717, 1.165) is 34.0 Å². The van der Waals surface area contributed by atoms with E-state index in [1.807, 2.05) is 48.5 Å². The molecule has 4 amide bonds. The van der Waals surface area contributed by atoms with Gasteiger partial charge in [-0.1, -0.05) is 48.5 Å². The van der Waals surface area contributed by atoms with E-state index in [-0.39, 0.29) is 49.2 Å². The summed E-state index contributed by atoms with van der Waals surface area (Å²) in [6.07, 6.45) is -1.70. The second kappa shape index (κ2) is 19.1. The fourth-order valence-corrected chi connectivity index (χ4v) is 7.08. The monoisotopic (exact) mass is 794 g/mol. The summed E-state index contributed by atoms with van der Waals surface area (Å²) in [5, 5.41) is 10.5. The molecule has 1 fully saturated rings. The molecule has 2 aromatic carbocycles. The number of benzene rings is 2. The van der Waals surface area contributed by atoms with Crippen LogP contribution in [0.5, 0.6) is 0 Å². The first kappa shape index (κ1) is 42.9. The Labute approximate surface area is 330 Å². The van der Waals surface area contributed by atoms with Gasteiger partial charge in [-0.15, -0.1) is 0 Å². The van der Waals surface area contributed by atoms with Gasteiger partial charge < -0.3 is 49.7 Å². The number of methoxy groups -OCH3 is 3. The Hall–Kier alpha value is -4.87. The zero-order chi connectivity index (χ0) is 40.3. The van der Waals surface area contributed by atoms with E-state index in [9.17, 15) is 28.8 Å². The minimum atomic E-state index is -1.18. The lowest BCUT2D eigenvalue weighted by Crippen LogP contribution is -2.53. The van der Waals surface area contributed by atoms with Gasteiger partial charge in [-0.05, 0) is 56.4 Å². The van der Waals surface area contributed by atoms with Crippen molar-refractivity contribution in [2.75, 3.05) is 46.0 Å². The molecule has 0 radical (unpaired) electrons. The summed E-state index contributed by atoms with van der Waals surface area (Å²) in [4.78, 5) is 76.3. The average Bonchev–Trinajstić information content (AvgIpc) is 3.89. The van der Waals surface area contributed by atoms with Gasteiger partial charge >= 0.3 is 24.1 Å². The van der Waals surface area contributed by atoms with Gasteiger partial charge in [0.25, 0.3) is 0 Å². The van der Waals surface area contributed by atoms with Crippen molar-refractivity contribution in [1.29, 1.82) is 0 Å². The molecule has 2 aromatic rings. The number of nitrogens with one attached hydrogen (secondary N) is 4. The molecule has 0 aromatic heterocycles. The number of alkyl carbamates (subject to hydrolysis) is 2. The number of hydrogen-bond donors (Lipinski definition) is 4. The molecule has 16 nitrogen and oxygen atoms in total. The highest BCUT2D eigenvalue weighted by molar-refractivity contribution is 7.99.